The summed E-state index contributed by atoms with van der Waals surface area (Å²) in [6.45, 7) is 1.29. The van der Waals surface area contributed by atoms with Crippen molar-refractivity contribution >= 4 is 55.1 Å². The van der Waals surface area contributed by atoms with E-state index in [4.69, 9.17) is 11.6 Å². The molecule has 7 nitrogen and oxygen atoms in total. The van der Waals surface area contributed by atoms with E-state index >= 15 is 0 Å². The average molecular weight is 571 g/mol. The van der Waals surface area contributed by atoms with Gasteiger partial charge in [0.15, 0.2) is 0 Å². The average Bonchev–Trinajstić information content (AvgIpc) is 3.28. The zero-order valence-corrected chi connectivity index (χ0v) is 22.4. The van der Waals surface area contributed by atoms with Crippen molar-refractivity contribution in [3.05, 3.63) is 63.6 Å². The number of hydrogen-bond donors (Lipinski definition) is 1. The third-order valence-corrected chi connectivity index (χ3v) is 7.95. The summed E-state index contributed by atoms with van der Waals surface area (Å²) in [6.07, 6.45) is 5.02. The molecule has 0 spiro atoms. The predicted octanol–water partition coefficient (Wildman–Crippen LogP) is 4.34. The summed E-state index contributed by atoms with van der Waals surface area (Å²) in [4.78, 5) is 28.0. The molecule has 3 rings (SSSR count). The number of nitrogens with zero attached hydrogens (tertiary/aromatic N) is 2. The molecule has 10 heteroatoms. The monoisotopic (exact) mass is 569 g/mol. The van der Waals surface area contributed by atoms with E-state index < -0.39 is 28.5 Å². The Kier molecular flexibility index (Phi) is 9.01. The minimum Gasteiger partial charge on any atom is -0.352 e. The lowest BCUT2D eigenvalue weighted by molar-refractivity contribution is -0.139. The number of anilines is 1. The van der Waals surface area contributed by atoms with Gasteiger partial charge in [0.2, 0.25) is 21.8 Å². The third-order valence-electron chi connectivity index (χ3n) is 5.94. The van der Waals surface area contributed by atoms with Crippen LogP contribution in [0.5, 0.6) is 0 Å². The van der Waals surface area contributed by atoms with Crippen LogP contribution in [0.25, 0.3) is 0 Å². The Morgan fingerprint density at radius 3 is 2.44 bits per heavy atom. The molecular formula is C24H29BrClN3O4S. The fourth-order valence-corrected chi connectivity index (χ4v) is 5.45. The highest BCUT2D eigenvalue weighted by Crippen LogP contribution is 2.24. The van der Waals surface area contributed by atoms with Crippen LogP contribution in [0.3, 0.4) is 0 Å². The first-order valence-corrected chi connectivity index (χ1v) is 14.1. The third kappa shape index (κ3) is 6.96. The van der Waals surface area contributed by atoms with Crippen molar-refractivity contribution in [2.24, 2.45) is 0 Å². The number of nitrogens with one attached hydrogen (secondary N) is 1. The molecule has 2 amide bonds. The molecule has 0 radical (unpaired) electrons. The largest absolute Gasteiger partial charge is 0.352 e. The Morgan fingerprint density at radius 1 is 1.15 bits per heavy atom. The maximum absolute atomic E-state index is 13.5. The van der Waals surface area contributed by atoms with Crippen molar-refractivity contribution in [3.8, 4) is 0 Å². The van der Waals surface area contributed by atoms with E-state index in [0.717, 1.165) is 36.2 Å². The standard InChI is InChI=1S/C24H29BrClN3O4S/c1-17(24(31)27-20-10-4-5-11-20)28(15-18-8-3-6-13-22(18)26)23(30)16-29(34(2,32)33)21-12-7-9-19(25)14-21/h3,6-9,12-14,17,20H,4-5,10-11,15-16H2,1-2H3,(H,27,31). The zero-order valence-electron chi connectivity index (χ0n) is 19.2. The van der Waals surface area contributed by atoms with E-state index in [1.54, 1.807) is 55.5 Å². The number of carbonyl (C=O) groups is 2. The molecule has 0 aromatic heterocycles. The van der Waals surface area contributed by atoms with Gasteiger partial charge < -0.3 is 10.2 Å². The minimum atomic E-state index is -3.77. The number of sulfonamides is 1. The van der Waals surface area contributed by atoms with E-state index in [9.17, 15) is 18.0 Å². The first-order valence-electron chi connectivity index (χ1n) is 11.1. The topological polar surface area (TPSA) is 86.8 Å². The van der Waals surface area contributed by atoms with Gasteiger partial charge in [0.1, 0.15) is 12.6 Å². The normalized spacial score (nSPS) is 15.1. The second-order valence-corrected chi connectivity index (χ2v) is 11.8. The van der Waals surface area contributed by atoms with Crippen LogP contribution in [0.1, 0.15) is 38.2 Å². The Hall–Kier alpha value is -2.10. The van der Waals surface area contributed by atoms with Gasteiger partial charge in [-0.15, -0.1) is 0 Å². The Labute approximate surface area is 214 Å². The van der Waals surface area contributed by atoms with Crippen molar-refractivity contribution in [3.63, 3.8) is 0 Å². The Morgan fingerprint density at radius 2 is 1.82 bits per heavy atom. The molecule has 0 aliphatic heterocycles. The lowest BCUT2D eigenvalue weighted by Crippen LogP contribution is -2.52. The van der Waals surface area contributed by atoms with Crippen LogP contribution < -0.4 is 9.62 Å². The summed E-state index contributed by atoms with van der Waals surface area (Å²) >= 11 is 9.68. The van der Waals surface area contributed by atoms with E-state index in [1.165, 1.54) is 4.90 Å². The molecule has 1 saturated carbocycles. The molecule has 1 aliphatic carbocycles. The lowest BCUT2D eigenvalue weighted by Gasteiger charge is -2.32. The fourth-order valence-electron chi connectivity index (χ4n) is 4.03. The second-order valence-electron chi connectivity index (χ2n) is 8.53. The van der Waals surface area contributed by atoms with Crippen molar-refractivity contribution in [2.45, 2.75) is 51.2 Å². The van der Waals surface area contributed by atoms with Gasteiger partial charge in [0.05, 0.1) is 11.9 Å². The summed E-state index contributed by atoms with van der Waals surface area (Å²) in [5.74, 6) is -0.764. The lowest BCUT2D eigenvalue weighted by atomic mass is 10.1. The molecule has 1 fully saturated rings. The Balaban J connectivity index is 1.89. The van der Waals surface area contributed by atoms with E-state index in [1.807, 2.05) is 0 Å². The van der Waals surface area contributed by atoms with Crippen LogP contribution in [-0.2, 0) is 26.2 Å². The van der Waals surface area contributed by atoms with Crippen LogP contribution in [0.15, 0.2) is 53.0 Å². The molecular weight excluding hydrogens is 542 g/mol. The van der Waals surface area contributed by atoms with Crippen LogP contribution in [-0.4, -0.2) is 50.0 Å². The first-order chi connectivity index (χ1) is 16.1. The molecule has 34 heavy (non-hydrogen) atoms. The molecule has 2 aromatic carbocycles. The number of carbonyl (C=O) groups excluding carboxylic acids is 2. The SMILES string of the molecule is CC(C(=O)NC1CCCC1)N(Cc1ccccc1Cl)C(=O)CN(c1cccc(Br)c1)S(C)(=O)=O. The second kappa shape index (κ2) is 11.6. The van der Waals surface area contributed by atoms with Gasteiger partial charge in [0, 0.05) is 22.1 Å². The highest BCUT2D eigenvalue weighted by Gasteiger charge is 2.31. The van der Waals surface area contributed by atoms with Crippen LogP contribution >= 0.6 is 27.5 Å². The first kappa shape index (κ1) is 26.5. The van der Waals surface area contributed by atoms with E-state index in [-0.39, 0.29) is 18.5 Å². The van der Waals surface area contributed by atoms with Crippen LogP contribution in [0.4, 0.5) is 5.69 Å². The van der Waals surface area contributed by atoms with Crippen molar-refractivity contribution in [1.82, 2.24) is 10.2 Å². The van der Waals surface area contributed by atoms with Crippen LogP contribution in [0, 0.1) is 0 Å². The van der Waals surface area contributed by atoms with Crippen molar-refractivity contribution in [2.75, 3.05) is 17.1 Å². The maximum Gasteiger partial charge on any atom is 0.244 e. The minimum absolute atomic E-state index is 0.0772. The molecule has 1 unspecified atom stereocenters. The summed E-state index contributed by atoms with van der Waals surface area (Å²) in [5, 5.41) is 3.50. The quantitative estimate of drug-likeness (QED) is 0.486. The summed E-state index contributed by atoms with van der Waals surface area (Å²) in [5.41, 5.74) is 1.03. The number of hydrogen-bond acceptors (Lipinski definition) is 4. The van der Waals surface area contributed by atoms with Gasteiger partial charge in [-0.3, -0.25) is 13.9 Å². The Bertz CT molecular complexity index is 1140. The van der Waals surface area contributed by atoms with E-state index in [2.05, 4.69) is 21.2 Å². The molecule has 0 saturated heterocycles. The zero-order chi connectivity index (χ0) is 24.9. The fraction of sp³-hybridized carbons (Fsp3) is 0.417. The predicted molar refractivity (Wildman–Crippen MR) is 138 cm³/mol. The summed E-state index contributed by atoms with van der Waals surface area (Å²) < 4.78 is 26.9. The number of benzene rings is 2. The van der Waals surface area contributed by atoms with Gasteiger partial charge >= 0.3 is 0 Å². The molecule has 2 aromatic rings. The molecule has 1 aliphatic rings. The van der Waals surface area contributed by atoms with Crippen molar-refractivity contribution in [1.29, 1.82) is 0 Å². The van der Waals surface area contributed by atoms with Gasteiger partial charge in [-0.05, 0) is 49.6 Å². The van der Waals surface area contributed by atoms with Gasteiger partial charge in [0.25, 0.3) is 0 Å². The number of amides is 2. The van der Waals surface area contributed by atoms with Gasteiger partial charge in [-0.25, -0.2) is 8.42 Å². The number of halogens is 2. The van der Waals surface area contributed by atoms with Crippen molar-refractivity contribution < 1.29 is 18.0 Å². The highest BCUT2D eigenvalue weighted by molar-refractivity contribution is 9.10. The van der Waals surface area contributed by atoms with Gasteiger partial charge in [-0.1, -0.05) is 64.6 Å². The number of rotatable bonds is 9. The highest BCUT2D eigenvalue weighted by atomic mass is 79.9. The smallest absolute Gasteiger partial charge is 0.244 e. The molecule has 1 atom stereocenters. The molecule has 184 valence electrons. The molecule has 1 N–H and O–H groups in total. The van der Waals surface area contributed by atoms with Crippen LogP contribution in [0.2, 0.25) is 5.02 Å². The van der Waals surface area contributed by atoms with Gasteiger partial charge in [-0.2, -0.15) is 0 Å². The molecule has 0 bridgehead atoms. The molecule has 0 heterocycles. The summed E-state index contributed by atoms with van der Waals surface area (Å²) in [7, 11) is -3.77. The maximum atomic E-state index is 13.5. The van der Waals surface area contributed by atoms with E-state index in [0.29, 0.717) is 20.7 Å². The summed E-state index contributed by atoms with van der Waals surface area (Å²) in [6, 6.07) is 13.1.